The molecule has 0 aliphatic rings. The van der Waals surface area contributed by atoms with Gasteiger partial charge in [-0.1, -0.05) is 0 Å². The van der Waals surface area contributed by atoms with Gasteiger partial charge in [0.15, 0.2) is 0 Å². The maximum absolute atomic E-state index is 3.54. The number of H-pyrrole nitrogens is 1. The standard InChI is InChI=1S/C2H2BN2/c1-2-5-3-4-1/h1,4H. The van der Waals surface area contributed by atoms with Crippen molar-refractivity contribution in [1.29, 1.82) is 0 Å². The zero-order chi connectivity index (χ0) is 3.54. The van der Waals surface area contributed by atoms with Crippen molar-refractivity contribution in [3.63, 3.8) is 0 Å². The summed E-state index contributed by atoms with van der Waals surface area (Å²) < 4.78 is 0. The average Bonchev–Trinajstić information content (AvgIpc) is 1.76. The molecule has 0 aliphatic heterocycles. The summed E-state index contributed by atoms with van der Waals surface area (Å²) in [4.78, 5) is 6.24. The molecule has 1 heterocycles. The Hall–Kier alpha value is -0.595. The zero-order valence-electron chi connectivity index (χ0n) is 2.60. The van der Waals surface area contributed by atoms with E-state index in [9.17, 15) is 0 Å². The fraction of sp³-hybridized carbons (Fsp3) is 0. The second-order valence-corrected chi connectivity index (χ2v) is 0.698. The van der Waals surface area contributed by atoms with Crippen LogP contribution in [-0.4, -0.2) is 17.0 Å². The Morgan fingerprint density at radius 3 is 3.20 bits per heavy atom. The van der Waals surface area contributed by atoms with E-state index in [1.807, 2.05) is 0 Å². The summed E-state index contributed by atoms with van der Waals surface area (Å²) in [6, 6.07) is 0. The van der Waals surface area contributed by atoms with E-state index in [-0.39, 0.29) is 0 Å². The summed E-state index contributed by atoms with van der Waals surface area (Å²) in [5.74, 6) is 0. The van der Waals surface area contributed by atoms with Crippen LogP contribution in [0.2, 0.25) is 0 Å². The van der Waals surface area contributed by atoms with Gasteiger partial charge in [-0.25, -0.2) is 0 Å². The van der Waals surface area contributed by atoms with Crippen LogP contribution in [0.5, 0.6) is 0 Å². The van der Waals surface area contributed by atoms with Crippen LogP contribution in [0.4, 0.5) is 0 Å². The number of aromatic nitrogens is 2. The molecule has 1 aromatic heterocycles. The van der Waals surface area contributed by atoms with Crippen LogP contribution < -0.4 is 0 Å². The summed E-state index contributed by atoms with van der Waals surface area (Å²) >= 11 is 0. The monoisotopic (exact) mass is 65.0 g/mol. The number of rotatable bonds is 0. The van der Waals surface area contributed by atoms with Crippen molar-refractivity contribution in [3.8, 4) is 0 Å². The van der Waals surface area contributed by atoms with Crippen LogP contribution in [-0.2, 0) is 0 Å². The van der Waals surface area contributed by atoms with Crippen molar-refractivity contribution < 1.29 is 0 Å². The summed E-state index contributed by atoms with van der Waals surface area (Å²) in [6.07, 6.45) is 4.19. The van der Waals surface area contributed by atoms with E-state index in [0.29, 0.717) is 0 Å². The molecule has 1 rings (SSSR count). The predicted molar refractivity (Wildman–Crippen MR) is 18.8 cm³/mol. The third-order valence-corrected chi connectivity index (χ3v) is 0.362. The second kappa shape index (κ2) is 1.01. The van der Waals surface area contributed by atoms with Crippen LogP contribution in [0.3, 0.4) is 0 Å². The van der Waals surface area contributed by atoms with E-state index in [4.69, 9.17) is 0 Å². The van der Waals surface area contributed by atoms with Gasteiger partial charge in [-0.05, 0) is 0 Å². The van der Waals surface area contributed by atoms with E-state index in [2.05, 4.69) is 16.0 Å². The molecule has 0 atom stereocenters. The first kappa shape index (κ1) is 2.63. The van der Waals surface area contributed by atoms with E-state index in [1.54, 1.807) is 13.4 Å². The molecule has 0 spiro atoms. The van der Waals surface area contributed by atoms with Gasteiger partial charge >= 0.3 is 29.4 Å². The van der Waals surface area contributed by atoms with Gasteiger partial charge in [0.05, 0.1) is 0 Å². The molecular formula is C2H2BN2. The van der Waals surface area contributed by atoms with Crippen molar-refractivity contribution in [3.05, 3.63) is 12.4 Å². The molecule has 0 saturated heterocycles. The molecule has 0 bridgehead atoms. The topological polar surface area (TPSA) is 28.7 Å². The first-order valence-corrected chi connectivity index (χ1v) is 1.35. The Labute approximate surface area is 30.5 Å². The van der Waals surface area contributed by atoms with Gasteiger partial charge in [-0.2, -0.15) is 0 Å². The van der Waals surface area contributed by atoms with E-state index in [0.717, 1.165) is 0 Å². The number of nitrogens with zero attached hydrogens (tertiary/aromatic N) is 1. The fourth-order valence-electron chi connectivity index (χ4n) is 0.186. The van der Waals surface area contributed by atoms with Crippen LogP contribution in [0, 0.1) is 6.20 Å². The minimum atomic E-state index is 1.57. The van der Waals surface area contributed by atoms with Crippen LogP contribution in [0.15, 0.2) is 6.20 Å². The molecule has 0 aromatic carbocycles. The molecule has 0 unspecified atom stereocenters. The molecule has 23 valence electrons. The van der Waals surface area contributed by atoms with Gasteiger partial charge in [0.2, 0.25) is 0 Å². The van der Waals surface area contributed by atoms with Gasteiger partial charge in [-0.3, -0.25) is 0 Å². The summed E-state index contributed by atoms with van der Waals surface area (Å²) in [6.45, 7) is 0. The number of nitrogens with one attached hydrogen (secondary N) is 1. The molecule has 3 heteroatoms. The first-order valence-electron chi connectivity index (χ1n) is 1.35. The van der Waals surface area contributed by atoms with Gasteiger partial charge in [0.25, 0.3) is 0 Å². The van der Waals surface area contributed by atoms with Crippen molar-refractivity contribution in [2.45, 2.75) is 0 Å². The maximum atomic E-state index is 3.54. The Morgan fingerprint density at radius 2 is 3.00 bits per heavy atom. The Bertz CT molecular complexity index is 64.1. The fourth-order valence-corrected chi connectivity index (χ4v) is 0.186. The SMILES string of the molecule is b1n[c]c[nH]1. The number of aromatic amines is 1. The summed E-state index contributed by atoms with van der Waals surface area (Å²) in [5, 5.41) is 0. The molecule has 0 amide bonds. The Morgan fingerprint density at radius 1 is 2.00 bits per heavy atom. The van der Waals surface area contributed by atoms with E-state index < -0.39 is 0 Å². The average molecular weight is 64.9 g/mol. The molecule has 0 fully saturated rings. The molecule has 1 radical (unpaired) electrons. The normalized spacial score (nSPS) is 7.20. The molecule has 1 N–H and O–H groups in total. The number of hydrogen-bond donors (Lipinski definition) is 1. The first-order chi connectivity index (χ1) is 2.50. The summed E-state index contributed by atoms with van der Waals surface area (Å²) in [7, 11) is 1.57. The summed E-state index contributed by atoms with van der Waals surface area (Å²) in [5.41, 5.74) is 0. The predicted octanol–water partition coefficient (Wildman–Crippen LogP) is -0.452. The molecule has 1 aromatic rings. The van der Waals surface area contributed by atoms with Crippen LogP contribution >= 0.6 is 0 Å². The third kappa shape index (κ3) is 0.346. The third-order valence-electron chi connectivity index (χ3n) is 0.362. The van der Waals surface area contributed by atoms with Crippen molar-refractivity contribution in [1.82, 2.24) is 9.78 Å². The molecule has 0 aliphatic carbocycles. The second-order valence-electron chi connectivity index (χ2n) is 0.698. The minimum absolute atomic E-state index is 1.57. The van der Waals surface area contributed by atoms with Gasteiger partial charge in [0, 0.05) is 0 Å². The molecule has 2 nitrogen and oxygen atoms in total. The van der Waals surface area contributed by atoms with E-state index in [1.165, 1.54) is 0 Å². The zero-order valence-corrected chi connectivity index (χ0v) is 2.60. The Balaban J connectivity index is 3.13. The van der Waals surface area contributed by atoms with Gasteiger partial charge in [0.1, 0.15) is 0 Å². The van der Waals surface area contributed by atoms with Gasteiger partial charge < -0.3 is 0 Å². The quantitative estimate of drug-likeness (QED) is 0.435. The van der Waals surface area contributed by atoms with E-state index >= 15 is 0 Å². The van der Waals surface area contributed by atoms with Gasteiger partial charge in [-0.15, -0.1) is 0 Å². The van der Waals surface area contributed by atoms with Crippen molar-refractivity contribution >= 4 is 7.19 Å². The molecular weight excluding hydrogens is 62.8 g/mol. The van der Waals surface area contributed by atoms with Crippen molar-refractivity contribution in [2.24, 2.45) is 0 Å². The number of hydrogen-bond acceptors (Lipinski definition) is 1. The molecule has 0 saturated carbocycles. The van der Waals surface area contributed by atoms with Crippen LogP contribution in [0.1, 0.15) is 0 Å². The van der Waals surface area contributed by atoms with Crippen LogP contribution in [0.25, 0.3) is 0 Å². The van der Waals surface area contributed by atoms with Crippen molar-refractivity contribution in [2.75, 3.05) is 0 Å². The Kier molecular flexibility index (Phi) is 0.534. The molecule has 5 heavy (non-hydrogen) atoms.